The van der Waals surface area contributed by atoms with Gasteiger partial charge in [0.25, 0.3) is 5.91 Å². The van der Waals surface area contributed by atoms with E-state index in [2.05, 4.69) is 10.1 Å². The molecule has 0 unspecified atom stereocenters. The number of hydrogen-bond acceptors (Lipinski definition) is 6. The summed E-state index contributed by atoms with van der Waals surface area (Å²) in [6.07, 6.45) is 1.54. The van der Waals surface area contributed by atoms with Gasteiger partial charge in [-0.05, 0) is 30.3 Å². The Kier molecular flexibility index (Phi) is 4.57. The third-order valence-electron chi connectivity index (χ3n) is 4.01. The van der Waals surface area contributed by atoms with Crippen molar-refractivity contribution in [2.75, 3.05) is 19.7 Å². The lowest BCUT2D eigenvalue weighted by atomic mass is 10.0. The van der Waals surface area contributed by atoms with Crippen LogP contribution < -0.4 is 4.74 Å². The van der Waals surface area contributed by atoms with Crippen molar-refractivity contribution in [2.45, 2.75) is 5.92 Å². The molecule has 3 aromatic rings. The number of benzene rings is 1. The SMILES string of the molecule is O=C(COc1ccc(Cl)cc1Cl)N1CC(c2nc(-c3ccco3)no2)C1. The molecule has 0 aliphatic carbocycles. The van der Waals surface area contributed by atoms with Crippen LogP contribution in [0.1, 0.15) is 11.8 Å². The first-order chi connectivity index (χ1) is 12.6. The highest BCUT2D eigenvalue weighted by Crippen LogP contribution is 2.29. The van der Waals surface area contributed by atoms with Gasteiger partial charge < -0.3 is 18.6 Å². The lowest BCUT2D eigenvalue weighted by molar-refractivity contribution is -0.138. The average molecular weight is 394 g/mol. The zero-order chi connectivity index (χ0) is 18.1. The van der Waals surface area contributed by atoms with E-state index in [4.69, 9.17) is 36.9 Å². The van der Waals surface area contributed by atoms with Gasteiger partial charge in [-0.15, -0.1) is 0 Å². The zero-order valence-corrected chi connectivity index (χ0v) is 14.9. The molecule has 1 aliphatic rings. The van der Waals surface area contributed by atoms with Crippen molar-refractivity contribution in [1.29, 1.82) is 0 Å². The number of furan rings is 1. The number of ether oxygens (including phenoxy) is 1. The fourth-order valence-corrected chi connectivity index (χ4v) is 3.03. The molecular weight excluding hydrogens is 381 g/mol. The summed E-state index contributed by atoms with van der Waals surface area (Å²) in [6, 6.07) is 8.35. The van der Waals surface area contributed by atoms with Crippen LogP contribution in [-0.2, 0) is 4.79 Å². The van der Waals surface area contributed by atoms with E-state index in [0.29, 0.717) is 46.4 Å². The zero-order valence-electron chi connectivity index (χ0n) is 13.4. The molecule has 3 heterocycles. The lowest BCUT2D eigenvalue weighted by Crippen LogP contribution is -2.50. The van der Waals surface area contributed by atoms with Crippen molar-refractivity contribution < 1.29 is 18.5 Å². The average Bonchev–Trinajstić information content (AvgIpc) is 3.24. The van der Waals surface area contributed by atoms with Gasteiger partial charge in [0.1, 0.15) is 5.75 Å². The molecule has 2 aromatic heterocycles. The molecule has 0 saturated carbocycles. The third-order valence-corrected chi connectivity index (χ3v) is 4.54. The minimum atomic E-state index is -0.141. The minimum Gasteiger partial charge on any atom is -0.482 e. The molecule has 1 amide bonds. The fourth-order valence-electron chi connectivity index (χ4n) is 2.57. The van der Waals surface area contributed by atoms with Gasteiger partial charge in [0.15, 0.2) is 12.4 Å². The van der Waals surface area contributed by atoms with Crippen LogP contribution in [0.15, 0.2) is 45.5 Å². The maximum atomic E-state index is 12.2. The van der Waals surface area contributed by atoms with Gasteiger partial charge in [-0.25, -0.2) is 0 Å². The Morgan fingerprint density at radius 2 is 2.15 bits per heavy atom. The molecule has 0 bridgehead atoms. The van der Waals surface area contributed by atoms with Crippen LogP contribution >= 0.6 is 23.2 Å². The number of nitrogens with zero attached hydrogens (tertiary/aromatic N) is 3. The molecular formula is C17H13Cl2N3O4. The maximum Gasteiger partial charge on any atom is 0.260 e. The first-order valence-electron chi connectivity index (χ1n) is 7.83. The molecule has 0 atom stereocenters. The summed E-state index contributed by atoms with van der Waals surface area (Å²) >= 11 is 11.8. The number of amides is 1. The van der Waals surface area contributed by atoms with E-state index in [1.807, 2.05) is 0 Å². The first kappa shape index (κ1) is 16.9. The molecule has 0 N–H and O–H groups in total. The number of likely N-dealkylation sites (tertiary alicyclic amines) is 1. The summed E-state index contributed by atoms with van der Waals surface area (Å²) in [6.45, 7) is 0.891. The van der Waals surface area contributed by atoms with Gasteiger partial charge in [0, 0.05) is 18.1 Å². The van der Waals surface area contributed by atoms with Gasteiger partial charge >= 0.3 is 0 Å². The summed E-state index contributed by atoms with van der Waals surface area (Å²) in [5.41, 5.74) is 0. The van der Waals surface area contributed by atoms with Crippen LogP contribution in [0.5, 0.6) is 5.75 Å². The molecule has 7 nitrogen and oxygen atoms in total. The standard InChI is InChI=1S/C17H13Cl2N3O4/c18-11-3-4-13(12(19)6-11)25-9-15(23)22-7-10(8-22)17-20-16(21-26-17)14-2-1-5-24-14/h1-6,10H,7-9H2. The number of hydrogen-bond donors (Lipinski definition) is 0. The Hall–Kier alpha value is -2.51. The van der Waals surface area contributed by atoms with E-state index in [1.54, 1.807) is 41.5 Å². The summed E-state index contributed by atoms with van der Waals surface area (Å²) in [5.74, 6) is 1.71. The van der Waals surface area contributed by atoms with E-state index in [1.165, 1.54) is 0 Å². The second-order valence-electron chi connectivity index (χ2n) is 5.79. The Balaban J connectivity index is 1.29. The second kappa shape index (κ2) is 7.01. The molecule has 1 aliphatic heterocycles. The van der Waals surface area contributed by atoms with Crippen molar-refractivity contribution >= 4 is 29.1 Å². The number of carbonyl (C=O) groups is 1. The second-order valence-corrected chi connectivity index (χ2v) is 6.64. The number of halogens is 2. The van der Waals surface area contributed by atoms with E-state index < -0.39 is 0 Å². The van der Waals surface area contributed by atoms with E-state index in [-0.39, 0.29) is 18.4 Å². The van der Waals surface area contributed by atoms with Gasteiger partial charge in [-0.3, -0.25) is 4.79 Å². The maximum absolute atomic E-state index is 12.2. The highest BCUT2D eigenvalue weighted by molar-refractivity contribution is 6.35. The molecule has 0 radical (unpaired) electrons. The molecule has 26 heavy (non-hydrogen) atoms. The minimum absolute atomic E-state index is 0.00859. The summed E-state index contributed by atoms with van der Waals surface area (Å²) in [5, 5.41) is 4.76. The number of carbonyl (C=O) groups excluding carboxylic acids is 1. The highest BCUT2D eigenvalue weighted by atomic mass is 35.5. The monoisotopic (exact) mass is 393 g/mol. The molecule has 9 heteroatoms. The van der Waals surface area contributed by atoms with Crippen LogP contribution in [0.3, 0.4) is 0 Å². The van der Waals surface area contributed by atoms with Crippen molar-refractivity contribution in [3.63, 3.8) is 0 Å². The van der Waals surface area contributed by atoms with Gasteiger partial charge in [-0.2, -0.15) is 4.98 Å². The van der Waals surface area contributed by atoms with Crippen LogP contribution in [0.4, 0.5) is 0 Å². The molecule has 134 valence electrons. The molecule has 4 rings (SSSR count). The predicted molar refractivity (Wildman–Crippen MR) is 93.3 cm³/mol. The number of rotatable bonds is 5. The smallest absolute Gasteiger partial charge is 0.260 e. The van der Waals surface area contributed by atoms with Gasteiger partial charge in [0.2, 0.25) is 11.7 Å². The normalized spacial score (nSPS) is 14.3. The Labute approximate surface area is 158 Å². The third kappa shape index (κ3) is 3.40. The topological polar surface area (TPSA) is 81.6 Å². The first-order valence-corrected chi connectivity index (χ1v) is 8.59. The fraction of sp³-hybridized carbons (Fsp3) is 0.235. The van der Waals surface area contributed by atoms with Crippen molar-refractivity contribution in [1.82, 2.24) is 15.0 Å². The van der Waals surface area contributed by atoms with Crippen LogP contribution in [-0.4, -0.2) is 40.6 Å². The molecule has 1 aromatic carbocycles. The predicted octanol–water partition coefficient (Wildman–Crippen LogP) is 3.64. The quantitative estimate of drug-likeness (QED) is 0.657. The Morgan fingerprint density at radius 1 is 1.31 bits per heavy atom. The van der Waals surface area contributed by atoms with Crippen LogP contribution in [0.2, 0.25) is 10.0 Å². The molecule has 1 fully saturated rings. The molecule has 0 spiro atoms. The summed E-state index contributed by atoms with van der Waals surface area (Å²) in [7, 11) is 0. The van der Waals surface area contributed by atoms with Crippen molar-refractivity contribution in [2.24, 2.45) is 0 Å². The Bertz CT molecular complexity index is 920. The summed E-state index contributed by atoms with van der Waals surface area (Å²) in [4.78, 5) is 18.2. The Morgan fingerprint density at radius 3 is 2.88 bits per heavy atom. The number of aromatic nitrogens is 2. The van der Waals surface area contributed by atoms with E-state index in [0.717, 1.165) is 0 Å². The summed E-state index contributed by atoms with van der Waals surface area (Å²) < 4.78 is 15.9. The van der Waals surface area contributed by atoms with Gasteiger partial charge in [-0.1, -0.05) is 28.4 Å². The van der Waals surface area contributed by atoms with Gasteiger partial charge in [0.05, 0.1) is 17.2 Å². The molecule has 1 saturated heterocycles. The lowest BCUT2D eigenvalue weighted by Gasteiger charge is -2.36. The van der Waals surface area contributed by atoms with Crippen molar-refractivity contribution in [3.05, 3.63) is 52.5 Å². The van der Waals surface area contributed by atoms with Crippen LogP contribution in [0.25, 0.3) is 11.6 Å². The largest absolute Gasteiger partial charge is 0.482 e. The van der Waals surface area contributed by atoms with E-state index >= 15 is 0 Å². The highest BCUT2D eigenvalue weighted by Gasteiger charge is 2.36. The van der Waals surface area contributed by atoms with Crippen molar-refractivity contribution in [3.8, 4) is 17.3 Å². The van der Waals surface area contributed by atoms with E-state index in [9.17, 15) is 4.79 Å². The van der Waals surface area contributed by atoms with Crippen LogP contribution in [0, 0.1) is 0 Å².